The van der Waals surface area contributed by atoms with Gasteiger partial charge in [0.15, 0.2) is 17.2 Å². The smallest absolute Gasteiger partial charge is 0.433 e. The van der Waals surface area contributed by atoms with Gasteiger partial charge < -0.3 is 5.11 Å². The summed E-state index contributed by atoms with van der Waals surface area (Å²) in [4.78, 5) is 14.4. The molecule has 2 radical (unpaired) electrons. The van der Waals surface area contributed by atoms with E-state index in [1.807, 2.05) is 0 Å². The van der Waals surface area contributed by atoms with Gasteiger partial charge in [-0.25, -0.2) is 14.5 Å². The molecule has 0 atom stereocenters. The predicted octanol–water partition coefficient (Wildman–Crippen LogP) is 0.778. The van der Waals surface area contributed by atoms with Crippen LogP contribution in [0.25, 0.3) is 5.82 Å². The molecule has 1 N–H and O–H groups in total. The van der Waals surface area contributed by atoms with Gasteiger partial charge in [-0.3, -0.25) is 0 Å². The third-order valence-electron chi connectivity index (χ3n) is 2.21. The molecule has 0 aliphatic carbocycles. The molecule has 0 fully saturated rings. The maximum atomic E-state index is 12.8. The molecule has 2 rings (SSSR count). The van der Waals surface area contributed by atoms with Crippen LogP contribution in [0.2, 0.25) is 0 Å². The van der Waals surface area contributed by atoms with Gasteiger partial charge in [0.2, 0.25) is 0 Å². The summed E-state index contributed by atoms with van der Waals surface area (Å²) >= 11 is 0. The second-order valence-corrected chi connectivity index (χ2v) is 3.58. The van der Waals surface area contributed by atoms with Crippen molar-refractivity contribution in [1.82, 2.24) is 14.8 Å². The van der Waals surface area contributed by atoms with Crippen LogP contribution in [0, 0.1) is 0 Å². The molecular weight excluding hydrogens is 262 g/mol. The van der Waals surface area contributed by atoms with Crippen LogP contribution in [-0.4, -0.2) is 33.7 Å². The highest BCUT2D eigenvalue weighted by molar-refractivity contribution is 6.32. The summed E-state index contributed by atoms with van der Waals surface area (Å²) < 4.78 is 38.8. The number of carbonyl (C=O) groups is 1. The minimum Gasteiger partial charge on any atom is -0.476 e. The number of hydrogen-bond acceptors (Lipinski definition) is 3. The molecule has 2 heterocycles. The van der Waals surface area contributed by atoms with Crippen LogP contribution in [0.4, 0.5) is 13.2 Å². The zero-order valence-electron chi connectivity index (χ0n) is 9.22. The highest BCUT2D eigenvalue weighted by Gasteiger charge is 2.37. The van der Waals surface area contributed by atoms with Crippen LogP contribution >= 0.6 is 0 Å². The molecule has 0 aromatic carbocycles. The number of alkyl halides is 3. The molecular formula is C10H5BF3N3O2. The minimum atomic E-state index is -4.75. The fourth-order valence-corrected chi connectivity index (χ4v) is 1.38. The molecule has 2 aromatic heterocycles. The van der Waals surface area contributed by atoms with E-state index in [2.05, 4.69) is 10.1 Å². The number of pyridine rings is 1. The molecule has 5 nitrogen and oxygen atoms in total. The molecule has 0 aliphatic rings. The molecule has 0 amide bonds. The monoisotopic (exact) mass is 267 g/mol. The van der Waals surface area contributed by atoms with Crippen molar-refractivity contribution in [3.8, 4) is 5.82 Å². The summed E-state index contributed by atoms with van der Waals surface area (Å²) in [7, 11) is 5.37. The Morgan fingerprint density at radius 1 is 1.37 bits per heavy atom. The van der Waals surface area contributed by atoms with Crippen molar-refractivity contribution >= 4 is 19.3 Å². The number of carboxylic acids is 1. The van der Waals surface area contributed by atoms with Crippen molar-refractivity contribution in [2.45, 2.75) is 6.18 Å². The van der Waals surface area contributed by atoms with Crippen molar-refractivity contribution in [2.24, 2.45) is 0 Å². The van der Waals surface area contributed by atoms with Crippen molar-refractivity contribution in [3.63, 3.8) is 0 Å². The zero-order chi connectivity index (χ0) is 14.2. The first-order valence-corrected chi connectivity index (χ1v) is 4.91. The number of nitrogens with zero attached hydrogens (tertiary/aromatic N) is 3. The zero-order valence-corrected chi connectivity index (χ0v) is 9.22. The highest BCUT2D eigenvalue weighted by Crippen LogP contribution is 2.31. The second-order valence-electron chi connectivity index (χ2n) is 3.58. The molecule has 96 valence electrons. The van der Waals surface area contributed by atoms with Gasteiger partial charge >= 0.3 is 12.1 Å². The van der Waals surface area contributed by atoms with Crippen molar-refractivity contribution in [1.29, 1.82) is 0 Å². The van der Waals surface area contributed by atoms with Gasteiger partial charge in [-0.15, -0.1) is 0 Å². The standard InChI is InChI=1S/C10H5BF3N3O2/c11-5-1-2-8(15-4-5)17-7(10(12,13)14)3-6(16-17)9(18)19/h1-4H,(H,18,19). The Morgan fingerprint density at radius 2 is 2.05 bits per heavy atom. The van der Waals surface area contributed by atoms with Crippen LogP contribution in [0.15, 0.2) is 24.4 Å². The Balaban J connectivity index is 2.61. The molecule has 0 bridgehead atoms. The lowest BCUT2D eigenvalue weighted by atomic mass is 9.99. The number of halogens is 3. The van der Waals surface area contributed by atoms with E-state index in [1.54, 1.807) is 0 Å². The predicted molar refractivity (Wildman–Crippen MR) is 58.7 cm³/mol. The van der Waals surface area contributed by atoms with E-state index < -0.39 is 23.5 Å². The lowest BCUT2D eigenvalue weighted by molar-refractivity contribution is -0.142. The van der Waals surface area contributed by atoms with Gasteiger partial charge in [-0.05, 0) is 6.07 Å². The van der Waals surface area contributed by atoms with Gasteiger partial charge in [0.05, 0.1) is 0 Å². The first-order chi connectivity index (χ1) is 8.79. The van der Waals surface area contributed by atoms with Crippen molar-refractivity contribution in [2.75, 3.05) is 0 Å². The number of aromatic nitrogens is 3. The highest BCUT2D eigenvalue weighted by atomic mass is 19.4. The van der Waals surface area contributed by atoms with E-state index in [-0.39, 0.29) is 11.3 Å². The van der Waals surface area contributed by atoms with Gasteiger partial charge in [0.25, 0.3) is 0 Å². The summed E-state index contributed by atoms with van der Waals surface area (Å²) in [5.41, 5.74) is -1.67. The normalized spacial score (nSPS) is 11.5. The Morgan fingerprint density at radius 3 is 2.53 bits per heavy atom. The van der Waals surface area contributed by atoms with Gasteiger partial charge in [-0.1, -0.05) is 11.5 Å². The van der Waals surface area contributed by atoms with Crippen molar-refractivity contribution < 1.29 is 23.1 Å². The third-order valence-corrected chi connectivity index (χ3v) is 2.21. The molecule has 19 heavy (non-hydrogen) atoms. The molecule has 0 spiro atoms. The Kier molecular flexibility index (Phi) is 3.05. The van der Waals surface area contributed by atoms with E-state index in [9.17, 15) is 18.0 Å². The molecule has 9 heteroatoms. The van der Waals surface area contributed by atoms with Crippen molar-refractivity contribution in [3.05, 3.63) is 35.8 Å². The average molecular weight is 267 g/mol. The van der Waals surface area contributed by atoms with Gasteiger partial charge in [0.1, 0.15) is 7.85 Å². The van der Waals surface area contributed by atoms with E-state index in [0.717, 1.165) is 6.20 Å². The van der Waals surface area contributed by atoms with E-state index in [0.29, 0.717) is 10.7 Å². The topological polar surface area (TPSA) is 68.0 Å². The molecule has 0 unspecified atom stereocenters. The van der Waals surface area contributed by atoms with Crippen LogP contribution in [-0.2, 0) is 6.18 Å². The Labute approximate surface area is 106 Å². The average Bonchev–Trinajstić information content (AvgIpc) is 2.74. The second kappa shape index (κ2) is 4.41. The minimum absolute atomic E-state index is 0.172. The van der Waals surface area contributed by atoms with E-state index in [4.69, 9.17) is 13.0 Å². The van der Waals surface area contributed by atoms with Crippen LogP contribution in [0.3, 0.4) is 0 Å². The maximum Gasteiger partial charge on any atom is 0.433 e. The van der Waals surface area contributed by atoms with Crippen LogP contribution in [0.5, 0.6) is 0 Å². The number of carboxylic acid groups (broad SMARTS) is 1. The number of rotatable bonds is 2. The van der Waals surface area contributed by atoms with Crippen LogP contribution in [0.1, 0.15) is 16.2 Å². The first-order valence-electron chi connectivity index (χ1n) is 4.91. The Hall–Kier alpha value is -2.32. The Bertz CT molecular complexity index is 622. The first kappa shape index (κ1) is 13.1. The number of hydrogen-bond donors (Lipinski definition) is 1. The van der Waals surface area contributed by atoms with Gasteiger partial charge in [-0.2, -0.15) is 18.3 Å². The summed E-state index contributed by atoms with van der Waals surface area (Å²) in [6.45, 7) is 0. The molecule has 0 saturated carbocycles. The third kappa shape index (κ3) is 2.59. The lowest BCUT2D eigenvalue weighted by Gasteiger charge is -2.09. The summed E-state index contributed by atoms with van der Waals surface area (Å²) in [5, 5.41) is 12.1. The number of aromatic carboxylic acids is 1. The van der Waals surface area contributed by atoms with E-state index in [1.165, 1.54) is 12.1 Å². The molecule has 0 saturated heterocycles. The van der Waals surface area contributed by atoms with Crippen LogP contribution < -0.4 is 5.46 Å². The summed E-state index contributed by atoms with van der Waals surface area (Å²) in [6.07, 6.45) is -3.60. The molecule has 0 aliphatic heterocycles. The summed E-state index contributed by atoms with van der Waals surface area (Å²) in [6, 6.07) is 2.99. The summed E-state index contributed by atoms with van der Waals surface area (Å²) in [5.74, 6) is -1.73. The lowest BCUT2D eigenvalue weighted by Crippen LogP contribution is -2.15. The molecule has 2 aromatic rings. The fraction of sp³-hybridized carbons (Fsp3) is 0.100. The van der Waals surface area contributed by atoms with Gasteiger partial charge in [0, 0.05) is 12.3 Å². The fourth-order valence-electron chi connectivity index (χ4n) is 1.38. The quantitative estimate of drug-likeness (QED) is 0.816. The van der Waals surface area contributed by atoms with E-state index >= 15 is 0 Å². The maximum absolute atomic E-state index is 12.8. The largest absolute Gasteiger partial charge is 0.476 e. The SMILES string of the molecule is [B]c1ccc(-n2nc(C(=O)O)cc2C(F)(F)F)nc1.